The molecule has 4 aromatic rings. The smallest absolute Gasteiger partial charge is 0.113 e. The monoisotopic (exact) mass is 462 g/mol. The van der Waals surface area contributed by atoms with Crippen LogP contribution in [-0.2, 0) is 11.2 Å². The fourth-order valence-electron chi connectivity index (χ4n) is 4.53. The molecule has 170 valence electrons. The third kappa shape index (κ3) is 4.34. The number of aliphatic hydroxyl groups is 4. The summed E-state index contributed by atoms with van der Waals surface area (Å²) in [5.74, 6) is 0. The van der Waals surface area contributed by atoms with Crippen molar-refractivity contribution in [1.82, 2.24) is 0 Å². The Morgan fingerprint density at radius 3 is 2.30 bits per heavy atom. The molecule has 5 atom stereocenters. The molecule has 33 heavy (non-hydrogen) atoms. The van der Waals surface area contributed by atoms with E-state index in [1.165, 1.54) is 15.0 Å². The molecule has 0 spiro atoms. The minimum atomic E-state index is -1.40. The fraction of sp³-hybridized carbons (Fsp3) is 0.259. The van der Waals surface area contributed by atoms with Gasteiger partial charge in [-0.25, -0.2) is 0 Å². The highest BCUT2D eigenvalue weighted by Crippen LogP contribution is 2.36. The Hall–Kier alpha value is -2.58. The Labute approximate surface area is 196 Å². The summed E-state index contributed by atoms with van der Waals surface area (Å²) in [6.07, 6.45) is -5.17. The first kappa shape index (κ1) is 22.2. The van der Waals surface area contributed by atoms with Crippen molar-refractivity contribution in [2.24, 2.45) is 0 Å². The van der Waals surface area contributed by atoms with E-state index in [2.05, 4.69) is 30.3 Å². The van der Waals surface area contributed by atoms with E-state index in [9.17, 15) is 20.4 Å². The van der Waals surface area contributed by atoms with Crippen LogP contribution in [0.2, 0.25) is 0 Å². The topological polar surface area (TPSA) is 90.2 Å². The molecule has 2 heterocycles. The van der Waals surface area contributed by atoms with Crippen LogP contribution in [0.15, 0.2) is 78.9 Å². The number of hydrogen-bond donors (Lipinski definition) is 4. The Morgan fingerprint density at radius 2 is 1.55 bits per heavy atom. The van der Waals surface area contributed by atoms with Crippen molar-refractivity contribution >= 4 is 21.4 Å². The van der Waals surface area contributed by atoms with Gasteiger partial charge in [0.05, 0.1) is 6.61 Å². The lowest BCUT2D eigenvalue weighted by Crippen LogP contribution is -2.55. The summed E-state index contributed by atoms with van der Waals surface area (Å²) in [6, 6.07) is 26.5. The van der Waals surface area contributed by atoms with Crippen molar-refractivity contribution in [3.8, 4) is 11.1 Å². The first-order valence-electron chi connectivity index (χ1n) is 11.0. The maximum atomic E-state index is 10.6. The molecule has 1 aliphatic heterocycles. The first-order valence-corrected chi connectivity index (χ1v) is 11.8. The largest absolute Gasteiger partial charge is 0.394 e. The lowest BCUT2D eigenvalue weighted by atomic mass is 9.88. The molecule has 1 fully saturated rings. The fourth-order valence-corrected chi connectivity index (χ4v) is 5.61. The van der Waals surface area contributed by atoms with E-state index in [-0.39, 0.29) is 0 Å². The molecule has 0 radical (unpaired) electrons. The van der Waals surface area contributed by atoms with Crippen LogP contribution in [-0.4, -0.2) is 51.4 Å². The van der Waals surface area contributed by atoms with Gasteiger partial charge in [-0.15, -0.1) is 11.3 Å². The lowest BCUT2D eigenvalue weighted by molar-refractivity contribution is -0.231. The molecular weight excluding hydrogens is 436 g/mol. The predicted octanol–water partition coefficient (Wildman–Crippen LogP) is 3.67. The Kier molecular flexibility index (Phi) is 6.29. The van der Waals surface area contributed by atoms with Crippen molar-refractivity contribution in [3.63, 3.8) is 0 Å². The van der Waals surface area contributed by atoms with Gasteiger partial charge in [0, 0.05) is 16.0 Å². The zero-order valence-electron chi connectivity index (χ0n) is 17.9. The molecule has 0 bridgehead atoms. The SMILES string of the molecule is OC[C@H]1O[C@@H](c2ccc(-c3ccccc3)c(Cc3cc4ccccc4s3)c2)[C@H](O)[C@@H](O)[C@@H]1O. The molecule has 6 heteroatoms. The van der Waals surface area contributed by atoms with E-state index >= 15 is 0 Å². The van der Waals surface area contributed by atoms with Crippen molar-refractivity contribution in [2.45, 2.75) is 36.9 Å². The molecule has 5 nitrogen and oxygen atoms in total. The van der Waals surface area contributed by atoms with Crippen LogP contribution in [0.25, 0.3) is 21.2 Å². The maximum Gasteiger partial charge on any atom is 0.113 e. The number of rotatable bonds is 5. The number of ether oxygens (including phenoxy) is 1. The zero-order valence-corrected chi connectivity index (χ0v) is 18.7. The summed E-state index contributed by atoms with van der Waals surface area (Å²) in [7, 11) is 0. The van der Waals surface area contributed by atoms with Gasteiger partial charge >= 0.3 is 0 Å². The van der Waals surface area contributed by atoms with Gasteiger partial charge in [0.25, 0.3) is 0 Å². The summed E-state index contributed by atoms with van der Waals surface area (Å²) < 4.78 is 7.04. The minimum Gasteiger partial charge on any atom is -0.394 e. The van der Waals surface area contributed by atoms with Gasteiger partial charge in [-0.3, -0.25) is 0 Å². The van der Waals surface area contributed by atoms with Gasteiger partial charge in [0.15, 0.2) is 0 Å². The highest BCUT2D eigenvalue weighted by molar-refractivity contribution is 7.19. The van der Waals surface area contributed by atoms with Gasteiger partial charge in [-0.1, -0.05) is 66.7 Å². The van der Waals surface area contributed by atoms with Gasteiger partial charge in [0.2, 0.25) is 0 Å². The molecule has 1 saturated heterocycles. The van der Waals surface area contributed by atoms with Gasteiger partial charge in [-0.05, 0) is 39.8 Å². The average molecular weight is 463 g/mol. The molecule has 0 saturated carbocycles. The van der Waals surface area contributed by atoms with E-state index in [0.717, 1.165) is 16.7 Å². The molecule has 1 aromatic heterocycles. The number of hydrogen-bond acceptors (Lipinski definition) is 6. The van der Waals surface area contributed by atoms with Crippen LogP contribution in [0, 0.1) is 0 Å². The van der Waals surface area contributed by atoms with Gasteiger partial charge in [-0.2, -0.15) is 0 Å². The van der Waals surface area contributed by atoms with Crippen LogP contribution >= 0.6 is 11.3 Å². The molecule has 0 unspecified atom stereocenters. The van der Waals surface area contributed by atoms with E-state index in [1.54, 1.807) is 11.3 Å². The minimum absolute atomic E-state index is 0.446. The van der Waals surface area contributed by atoms with E-state index in [1.807, 2.05) is 48.5 Å². The molecule has 1 aliphatic rings. The molecule has 3 aromatic carbocycles. The molecule has 4 N–H and O–H groups in total. The lowest BCUT2D eigenvalue weighted by Gasteiger charge is -2.40. The van der Waals surface area contributed by atoms with Crippen LogP contribution in [0.3, 0.4) is 0 Å². The van der Waals surface area contributed by atoms with Crippen LogP contribution in [0.5, 0.6) is 0 Å². The number of fused-ring (bicyclic) bond motifs is 1. The molecule has 5 rings (SSSR count). The molecule has 0 aliphatic carbocycles. The predicted molar refractivity (Wildman–Crippen MR) is 129 cm³/mol. The van der Waals surface area contributed by atoms with Crippen molar-refractivity contribution in [3.05, 3.63) is 94.9 Å². The van der Waals surface area contributed by atoms with Crippen LogP contribution < -0.4 is 0 Å². The zero-order chi connectivity index (χ0) is 22.9. The second-order valence-corrected chi connectivity index (χ2v) is 9.63. The van der Waals surface area contributed by atoms with E-state index < -0.39 is 37.1 Å². The third-order valence-corrected chi connectivity index (χ3v) is 7.39. The van der Waals surface area contributed by atoms with Gasteiger partial charge < -0.3 is 25.2 Å². The van der Waals surface area contributed by atoms with Gasteiger partial charge in [0.1, 0.15) is 30.5 Å². The van der Waals surface area contributed by atoms with Crippen molar-refractivity contribution in [2.75, 3.05) is 6.61 Å². The summed E-state index contributed by atoms with van der Waals surface area (Å²) in [5, 5.41) is 41.8. The highest BCUT2D eigenvalue weighted by Gasteiger charge is 2.44. The number of benzene rings is 3. The van der Waals surface area contributed by atoms with Crippen molar-refractivity contribution in [1.29, 1.82) is 0 Å². The average Bonchev–Trinajstić information content (AvgIpc) is 3.26. The van der Waals surface area contributed by atoms with Crippen LogP contribution in [0.1, 0.15) is 22.1 Å². The third-order valence-electron chi connectivity index (χ3n) is 6.28. The molecular formula is C27H26O5S. The quantitative estimate of drug-likeness (QED) is 0.363. The van der Waals surface area contributed by atoms with Crippen molar-refractivity contribution < 1.29 is 25.2 Å². The highest BCUT2D eigenvalue weighted by atomic mass is 32.1. The Balaban J connectivity index is 1.55. The summed E-state index contributed by atoms with van der Waals surface area (Å²) in [5.41, 5.74) is 3.94. The number of thiophene rings is 1. The summed E-state index contributed by atoms with van der Waals surface area (Å²) in [6.45, 7) is -0.446. The Morgan fingerprint density at radius 1 is 0.788 bits per heavy atom. The Bertz CT molecular complexity index is 1200. The summed E-state index contributed by atoms with van der Waals surface area (Å²) in [4.78, 5) is 1.22. The summed E-state index contributed by atoms with van der Waals surface area (Å²) >= 11 is 1.76. The first-order chi connectivity index (χ1) is 16.0. The van der Waals surface area contributed by atoms with E-state index in [0.29, 0.717) is 12.0 Å². The number of aliphatic hydroxyl groups excluding tert-OH is 4. The maximum absolute atomic E-state index is 10.6. The molecule has 0 amide bonds. The normalized spacial score (nSPS) is 25.4. The standard InChI is InChI=1S/C27H26O5S/c28-15-22-24(29)25(30)26(31)27(32-22)18-10-11-21(16-6-2-1-3-7-16)19(12-18)14-20-13-17-8-4-5-9-23(17)33-20/h1-13,22,24-31H,14-15H2/t22-,24-,25+,26-,27+/m1/s1. The second kappa shape index (κ2) is 9.35. The van der Waals surface area contributed by atoms with E-state index in [4.69, 9.17) is 4.74 Å². The van der Waals surface area contributed by atoms with Crippen LogP contribution in [0.4, 0.5) is 0 Å². The second-order valence-electron chi connectivity index (χ2n) is 8.46.